The second-order valence-corrected chi connectivity index (χ2v) is 6.06. The number of aliphatic hydroxyl groups excluding tert-OH is 1. The van der Waals surface area contributed by atoms with E-state index in [0.717, 1.165) is 12.8 Å². The number of carbonyl (C=O) groups excluding carboxylic acids is 2. The number of amides is 1. The van der Waals surface area contributed by atoms with Crippen LogP contribution >= 0.6 is 0 Å². The lowest BCUT2D eigenvalue weighted by Gasteiger charge is -2.27. The highest BCUT2D eigenvalue weighted by Gasteiger charge is 2.41. The van der Waals surface area contributed by atoms with Crippen LogP contribution in [0.2, 0.25) is 0 Å². The van der Waals surface area contributed by atoms with Crippen molar-refractivity contribution in [3.05, 3.63) is 0 Å². The molecular weight excluding hydrogens is 262 g/mol. The Morgan fingerprint density at radius 1 is 1.35 bits per heavy atom. The summed E-state index contributed by atoms with van der Waals surface area (Å²) in [6.07, 6.45) is 0.603. The maximum Gasteiger partial charge on any atom is 0.411 e. The van der Waals surface area contributed by atoms with Crippen molar-refractivity contribution in [1.82, 2.24) is 4.90 Å². The van der Waals surface area contributed by atoms with Crippen LogP contribution in [0, 0.1) is 0 Å². The summed E-state index contributed by atoms with van der Waals surface area (Å²) in [6, 6.07) is -0.753. The summed E-state index contributed by atoms with van der Waals surface area (Å²) in [4.78, 5) is 25.3. The van der Waals surface area contributed by atoms with Gasteiger partial charge in [0.15, 0.2) is 0 Å². The molecule has 1 aliphatic heterocycles. The van der Waals surface area contributed by atoms with Crippen molar-refractivity contribution in [2.45, 2.75) is 64.7 Å². The Bertz CT molecular complexity index is 350. The maximum atomic E-state index is 12.0. The minimum Gasteiger partial charge on any atom is -0.464 e. The SMILES string of the molecule is CCCCOC(=O)[C@H]1C[C@H](O)CN1C(=O)OC(C)(C)C. The Balaban J connectivity index is 2.63. The van der Waals surface area contributed by atoms with E-state index in [1.165, 1.54) is 4.90 Å². The molecule has 6 heteroatoms. The number of aliphatic hydroxyl groups is 1. The molecule has 20 heavy (non-hydrogen) atoms. The van der Waals surface area contributed by atoms with Crippen LogP contribution < -0.4 is 0 Å². The van der Waals surface area contributed by atoms with Crippen LogP contribution in [-0.2, 0) is 14.3 Å². The van der Waals surface area contributed by atoms with Crippen molar-refractivity contribution >= 4 is 12.1 Å². The molecule has 1 fully saturated rings. The van der Waals surface area contributed by atoms with E-state index in [9.17, 15) is 14.7 Å². The van der Waals surface area contributed by atoms with Gasteiger partial charge < -0.3 is 14.6 Å². The number of likely N-dealkylation sites (tertiary alicyclic amines) is 1. The van der Waals surface area contributed by atoms with Crippen LogP contribution in [0.3, 0.4) is 0 Å². The standard InChI is InChI=1S/C14H25NO5/c1-5-6-7-19-12(17)11-8-10(16)9-15(11)13(18)20-14(2,3)4/h10-11,16H,5-9H2,1-4H3/t10-,11+/m0/s1. The fourth-order valence-corrected chi connectivity index (χ4v) is 1.97. The Kier molecular flexibility index (Phi) is 5.80. The Hall–Kier alpha value is -1.30. The van der Waals surface area contributed by atoms with Crippen LogP contribution in [0.5, 0.6) is 0 Å². The zero-order valence-corrected chi connectivity index (χ0v) is 12.7. The first-order valence-corrected chi connectivity index (χ1v) is 7.09. The molecule has 0 aromatic rings. The van der Waals surface area contributed by atoms with E-state index < -0.39 is 29.8 Å². The molecule has 0 radical (unpaired) electrons. The number of nitrogens with zero attached hydrogens (tertiary/aromatic N) is 1. The summed E-state index contributed by atoms with van der Waals surface area (Å²) in [5.74, 6) is -0.471. The smallest absolute Gasteiger partial charge is 0.411 e. The largest absolute Gasteiger partial charge is 0.464 e. The zero-order chi connectivity index (χ0) is 15.3. The van der Waals surface area contributed by atoms with Crippen molar-refractivity contribution in [1.29, 1.82) is 0 Å². The number of ether oxygens (including phenoxy) is 2. The molecule has 0 saturated carbocycles. The maximum absolute atomic E-state index is 12.0. The van der Waals surface area contributed by atoms with E-state index in [1.807, 2.05) is 6.92 Å². The minimum absolute atomic E-state index is 0.0997. The van der Waals surface area contributed by atoms with Crippen LogP contribution in [0.15, 0.2) is 0 Å². The topological polar surface area (TPSA) is 76.1 Å². The van der Waals surface area contributed by atoms with Crippen molar-refractivity contribution in [2.24, 2.45) is 0 Å². The monoisotopic (exact) mass is 287 g/mol. The third kappa shape index (κ3) is 5.00. The molecular formula is C14H25NO5. The van der Waals surface area contributed by atoms with E-state index in [2.05, 4.69) is 0 Å². The van der Waals surface area contributed by atoms with Gasteiger partial charge in [-0.25, -0.2) is 9.59 Å². The van der Waals surface area contributed by atoms with Gasteiger partial charge in [0.1, 0.15) is 11.6 Å². The average molecular weight is 287 g/mol. The molecule has 116 valence electrons. The molecule has 6 nitrogen and oxygen atoms in total. The van der Waals surface area contributed by atoms with E-state index in [-0.39, 0.29) is 13.0 Å². The summed E-state index contributed by atoms with van der Waals surface area (Å²) in [5, 5.41) is 9.68. The van der Waals surface area contributed by atoms with Crippen LogP contribution in [0.1, 0.15) is 47.0 Å². The van der Waals surface area contributed by atoms with Gasteiger partial charge in [-0.2, -0.15) is 0 Å². The van der Waals surface area contributed by atoms with Gasteiger partial charge in [0.05, 0.1) is 19.3 Å². The van der Waals surface area contributed by atoms with Gasteiger partial charge in [-0.15, -0.1) is 0 Å². The molecule has 1 N–H and O–H groups in total. The van der Waals surface area contributed by atoms with Gasteiger partial charge in [0.2, 0.25) is 0 Å². The second-order valence-electron chi connectivity index (χ2n) is 6.06. The Labute approximate surface area is 120 Å². The number of hydrogen-bond donors (Lipinski definition) is 1. The summed E-state index contributed by atoms with van der Waals surface area (Å²) in [6.45, 7) is 7.70. The predicted molar refractivity (Wildman–Crippen MR) is 73.2 cm³/mol. The van der Waals surface area contributed by atoms with Crippen molar-refractivity contribution in [2.75, 3.05) is 13.2 Å². The fraction of sp³-hybridized carbons (Fsp3) is 0.857. The first kappa shape index (κ1) is 16.8. The predicted octanol–water partition coefficient (Wildman–Crippen LogP) is 1.70. The molecule has 0 spiro atoms. The molecule has 1 aliphatic rings. The average Bonchev–Trinajstić information content (AvgIpc) is 2.69. The third-order valence-electron chi connectivity index (χ3n) is 2.92. The van der Waals surface area contributed by atoms with Gasteiger partial charge in [-0.3, -0.25) is 4.90 Å². The minimum atomic E-state index is -0.753. The van der Waals surface area contributed by atoms with Gasteiger partial charge >= 0.3 is 12.1 Å². The summed E-state index contributed by atoms with van der Waals surface area (Å²) >= 11 is 0. The molecule has 0 aromatic heterocycles. The quantitative estimate of drug-likeness (QED) is 0.629. The van der Waals surface area contributed by atoms with Gasteiger partial charge in [0.25, 0.3) is 0 Å². The van der Waals surface area contributed by atoms with Crippen LogP contribution in [0.4, 0.5) is 4.79 Å². The normalized spacial score (nSPS) is 22.8. The number of unbranched alkanes of at least 4 members (excludes halogenated alkanes) is 1. The van der Waals surface area contributed by atoms with Gasteiger partial charge in [-0.1, -0.05) is 13.3 Å². The van der Waals surface area contributed by atoms with E-state index in [1.54, 1.807) is 20.8 Å². The lowest BCUT2D eigenvalue weighted by atomic mass is 10.2. The number of esters is 1. The van der Waals surface area contributed by atoms with Crippen molar-refractivity contribution < 1.29 is 24.2 Å². The molecule has 0 aliphatic carbocycles. The molecule has 1 amide bonds. The molecule has 1 rings (SSSR count). The van der Waals surface area contributed by atoms with E-state index in [4.69, 9.17) is 9.47 Å². The summed E-state index contributed by atoms with van der Waals surface area (Å²) in [7, 11) is 0. The Morgan fingerprint density at radius 2 is 2.00 bits per heavy atom. The van der Waals surface area contributed by atoms with Crippen LogP contribution in [-0.4, -0.2) is 53.0 Å². The lowest BCUT2D eigenvalue weighted by Crippen LogP contribution is -2.44. The Morgan fingerprint density at radius 3 is 2.55 bits per heavy atom. The first-order valence-electron chi connectivity index (χ1n) is 7.09. The molecule has 0 aromatic carbocycles. The number of hydrogen-bond acceptors (Lipinski definition) is 5. The number of β-amino-alcohol motifs (C(OH)–C–C–N with tert-alkyl or cyclic N) is 1. The molecule has 2 atom stereocenters. The zero-order valence-electron chi connectivity index (χ0n) is 12.7. The lowest BCUT2D eigenvalue weighted by molar-refractivity contribution is -0.149. The van der Waals surface area contributed by atoms with E-state index >= 15 is 0 Å². The van der Waals surface area contributed by atoms with E-state index in [0.29, 0.717) is 6.61 Å². The highest BCUT2D eigenvalue weighted by molar-refractivity contribution is 5.82. The summed E-state index contributed by atoms with van der Waals surface area (Å²) < 4.78 is 10.4. The fourth-order valence-electron chi connectivity index (χ4n) is 1.97. The highest BCUT2D eigenvalue weighted by atomic mass is 16.6. The van der Waals surface area contributed by atoms with Crippen molar-refractivity contribution in [3.8, 4) is 0 Å². The number of rotatable bonds is 4. The van der Waals surface area contributed by atoms with Crippen molar-refractivity contribution in [3.63, 3.8) is 0 Å². The molecule has 1 heterocycles. The molecule has 0 bridgehead atoms. The first-order chi connectivity index (χ1) is 9.24. The number of carbonyl (C=O) groups is 2. The molecule has 1 saturated heterocycles. The molecule has 0 unspecified atom stereocenters. The van der Waals surface area contributed by atoms with Gasteiger partial charge in [0, 0.05) is 6.42 Å². The highest BCUT2D eigenvalue weighted by Crippen LogP contribution is 2.22. The second kappa shape index (κ2) is 6.92. The van der Waals surface area contributed by atoms with Crippen LogP contribution in [0.25, 0.3) is 0 Å². The van der Waals surface area contributed by atoms with Gasteiger partial charge in [-0.05, 0) is 27.2 Å². The third-order valence-corrected chi connectivity index (χ3v) is 2.92. The summed E-state index contributed by atoms with van der Waals surface area (Å²) in [5.41, 5.74) is -0.638.